The Hall–Kier alpha value is -2.40. The van der Waals surface area contributed by atoms with Gasteiger partial charge in [0.1, 0.15) is 17.1 Å². The lowest BCUT2D eigenvalue weighted by Gasteiger charge is -2.15. The van der Waals surface area contributed by atoms with Crippen LogP contribution in [0.3, 0.4) is 0 Å². The van der Waals surface area contributed by atoms with Crippen LogP contribution < -0.4 is 11.1 Å². The van der Waals surface area contributed by atoms with Crippen molar-refractivity contribution in [1.29, 1.82) is 0 Å². The van der Waals surface area contributed by atoms with Gasteiger partial charge >= 0.3 is 5.97 Å². The molecule has 0 fully saturated rings. The van der Waals surface area contributed by atoms with Crippen LogP contribution >= 0.6 is 11.8 Å². The molecule has 4 N–H and O–H groups in total. The minimum Gasteiger partial charge on any atom is -0.464 e. The van der Waals surface area contributed by atoms with Crippen molar-refractivity contribution < 1.29 is 19.4 Å². The largest absolute Gasteiger partial charge is 0.464 e. The zero-order valence-corrected chi connectivity index (χ0v) is 20.4. The molecule has 2 rings (SSSR count). The highest BCUT2D eigenvalue weighted by atomic mass is 32.2. The van der Waals surface area contributed by atoms with Gasteiger partial charge in [0.15, 0.2) is 11.7 Å². The number of nitrogens with two attached hydrogens (primary N) is 1. The number of hydrogen-bond acceptors (Lipinski definition) is 9. The van der Waals surface area contributed by atoms with Gasteiger partial charge in [-0.1, -0.05) is 51.9 Å². The number of rotatable bonds is 16. The zero-order chi connectivity index (χ0) is 24.1. The van der Waals surface area contributed by atoms with E-state index in [9.17, 15) is 14.7 Å². The lowest BCUT2D eigenvalue weighted by Crippen LogP contribution is -2.45. The number of nitrogen functional groups attached to an aromatic ring is 1. The van der Waals surface area contributed by atoms with Crippen LogP contribution in [0, 0.1) is 0 Å². The Labute approximate surface area is 199 Å². The Bertz CT molecular complexity index is 891. The van der Waals surface area contributed by atoms with Gasteiger partial charge in [-0.15, -0.1) is 11.8 Å². The van der Waals surface area contributed by atoms with Crippen molar-refractivity contribution in [2.75, 3.05) is 24.7 Å². The van der Waals surface area contributed by atoms with Gasteiger partial charge in [0.2, 0.25) is 11.9 Å². The predicted octanol–water partition coefficient (Wildman–Crippen LogP) is 2.68. The first kappa shape index (κ1) is 26.8. The number of anilines is 1. The summed E-state index contributed by atoms with van der Waals surface area (Å²) >= 11 is 1.59. The number of carbonyl (C=O) groups is 2. The molecule has 1 amide bonds. The minimum absolute atomic E-state index is 0.114. The van der Waals surface area contributed by atoms with E-state index in [1.54, 1.807) is 23.3 Å². The van der Waals surface area contributed by atoms with E-state index in [1.165, 1.54) is 51.3 Å². The quantitative estimate of drug-likeness (QED) is 0.143. The number of aliphatic hydroxyl groups is 1. The van der Waals surface area contributed by atoms with Crippen molar-refractivity contribution in [3.63, 3.8) is 0 Å². The van der Waals surface area contributed by atoms with Gasteiger partial charge in [-0.05, 0) is 19.1 Å². The molecule has 0 bridgehead atoms. The molecule has 0 spiro atoms. The predicted molar refractivity (Wildman–Crippen MR) is 129 cm³/mol. The van der Waals surface area contributed by atoms with Crippen molar-refractivity contribution in [2.24, 2.45) is 0 Å². The number of esters is 1. The van der Waals surface area contributed by atoms with Crippen molar-refractivity contribution in [1.82, 2.24) is 24.8 Å². The van der Waals surface area contributed by atoms with Gasteiger partial charge in [0.25, 0.3) is 0 Å². The summed E-state index contributed by atoms with van der Waals surface area (Å²) in [6, 6.07) is -1.12. The summed E-state index contributed by atoms with van der Waals surface area (Å²) in [5.41, 5.74) is 6.94. The fraction of sp³-hybridized carbons (Fsp3) is 0.682. The second-order valence-electron chi connectivity index (χ2n) is 7.81. The van der Waals surface area contributed by atoms with E-state index in [2.05, 4.69) is 27.2 Å². The maximum atomic E-state index is 12.4. The van der Waals surface area contributed by atoms with Crippen LogP contribution in [-0.2, 0) is 20.9 Å². The smallest absolute Gasteiger partial charge is 0.331 e. The third kappa shape index (κ3) is 8.81. The van der Waals surface area contributed by atoms with Crippen LogP contribution in [0.1, 0.15) is 65.2 Å². The third-order valence-electron chi connectivity index (χ3n) is 5.09. The van der Waals surface area contributed by atoms with E-state index in [0.29, 0.717) is 16.2 Å². The molecule has 0 aliphatic carbocycles. The molecule has 2 aromatic rings. The lowest BCUT2D eigenvalue weighted by atomic mass is 10.1. The van der Waals surface area contributed by atoms with Crippen molar-refractivity contribution in [2.45, 2.75) is 82.8 Å². The maximum absolute atomic E-state index is 12.4. The van der Waals surface area contributed by atoms with Crippen LogP contribution in [0.5, 0.6) is 0 Å². The summed E-state index contributed by atoms with van der Waals surface area (Å²) in [5, 5.41) is 12.5. The highest BCUT2D eigenvalue weighted by Crippen LogP contribution is 2.26. The summed E-state index contributed by atoms with van der Waals surface area (Å²) < 4.78 is 6.39. The molecule has 2 heterocycles. The number of unbranched alkanes of at least 4 members (excludes halogenated alkanes) is 7. The summed E-state index contributed by atoms with van der Waals surface area (Å²) in [6.45, 7) is 3.35. The standard InChI is InChI=1S/C22H36N6O4S/c1-3-5-6-7-8-9-10-11-12-33-20-18-19(26-22(23)27-20)28(15-24-18)13-17(30)25-16(14-29)21(31)32-4-2/h15-16,29H,3-14H2,1-2H3,(H,25,30)(H2,23,26,27)/t16-/m0/s1. The molecule has 0 radical (unpaired) electrons. The fourth-order valence-corrected chi connectivity index (χ4v) is 4.35. The molecule has 0 aliphatic rings. The maximum Gasteiger partial charge on any atom is 0.331 e. The SMILES string of the molecule is CCCCCCCCCCSc1nc(N)nc2c1ncn2CC(=O)N[C@@H](CO)C(=O)OCC. The number of thioether (sulfide) groups is 1. The Kier molecular flexibility index (Phi) is 12.0. The molecule has 0 unspecified atom stereocenters. The summed E-state index contributed by atoms with van der Waals surface area (Å²) in [4.78, 5) is 37.1. The van der Waals surface area contributed by atoms with E-state index in [1.807, 2.05) is 0 Å². The van der Waals surface area contributed by atoms with Gasteiger partial charge in [0, 0.05) is 0 Å². The van der Waals surface area contributed by atoms with Crippen molar-refractivity contribution in [3.05, 3.63) is 6.33 Å². The van der Waals surface area contributed by atoms with Crippen molar-refractivity contribution >= 4 is 40.8 Å². The van der Waals surface area contributed by atoms with E-state index in [4.69, 9.17) is 10.5 Å². The van der Waals surface area contributed by atoms with Gasteiger partial charge < -0.3 is 25.5 Å². The molecule has 184 valence electrons. The molecule has 0 aromatic carbocycles. The van der Waals surface area contributed by atoms with Crippen LogP contribution in [0.15, 0.2) is 11.4 Å². The molecule has 0 saturated carbocycles. The van der Waals surface area contributed by atoms with E-state index in [-0.39, 0.29) is 19.1 Å². The number of hydrogen-bond donors (Lipinski definition) is 3. The average molecular weight is 481 g/mol. The first-order valence-corrected chi connectivity index (χ1v) is 12.7. The van der Waals surface area contributed by atoms with E-state index in [0.717, 1.165) is 12.2 Å². The number of aromatic nitrogens is 4. The zero-order valence-electron chi connectivity index (χ0n) is 19.6. The number of imidazole rings is 1. The average Bonchev–Trinajstić information content (AvgIpc) is 3.18. The lowest BCUT2D eigenvalue weighted by molar-refractivity contribution is -0.148. The number of amides is 1. The second-order valence-corrected chi connectivity index (χ2v) is 8.89. The Morgan fingerprint density at radius 2 is 1.85 bits per heavy atom. The highest BCUT2D eigenvalue weighted by Gasteiger charge is 2.22. The van der Waals surface area contributed by atoms with E-state index >= 15 is 0 Å². The van der Waals surface area contributed by atoms with Crippen LogP contribution in [0.25, 0.3) is 11.2 Å². The summed E-state index contributed by atoms with van der Waals surface area (Å²) in [7, 11) is 0. The highest BCUT2D eigenvalue weighted by molar-refractivity contribution is 7.99. The number of nitrogens with zero attached hydrogens (tertiary/aromatic N) is 4. The minimum atomic E-state index is -1.12. The third-order valence-corrected chi connectivity index (χ3v) is 6.14. The Balaban J connectivity index is 1.91. The molecule has 1 atom stereocenters. The molecular formula is C22H36N6O4S. The Morgan fingerprint density at radius 3 is 2.52 bits per heavy atom. The molecule has 0 aliphatic heterocycles. The molecule has 11 heteroatoms. The van der Waals surface area contributed by atoms with Crippen LogP contribution in [-0.4, -0.2) is 61.5 Å². The number of ether oxygens (including phenoxy) is 1. The van der Waals surface area contributed by atoms with Gasteiger partial charge in [0.05, 0.1) is 19.5 Å². The van der Waals surface area contributed by atoms with Gasteiger partial charge in [-0.25, -0.2) is 14.8 Å². The second kappa shape index (κ2) is 14.7. The molecule has 0 saturated heterocycles. The molecule has 2 aromatic heterocycles. The van der Waals surface area contributed by atoms with Gasteiger partial charge in [-0.2, -0.15) is 4.98 Å². The topological polar surface area (TPSA) is 145 Å². The Morgan fingerprint density at radius 1 is 1.15 bits per heavy atom. The molecule has 10 nitrogen and oxygen atoms in total. The summed E-state index contributed by atoms with van der Waals surface area (Å²) in [5.74, 6) is -0.143. The number of fused-ring (bicyclic) bond motifs is 1. The summed E-state index contributed by atoms with van der Waals surface area (Å²) in [6.07, 6.45) is 11.5. The first-order valence-electron chi connectivity index (χ1n) is 11.7. The number of carbonyl (C=O) groups excluding carboxylic acids is 2. The van der Waals surface area contributed by atoms with Gasteiger partial charge in [-0.3, -0.25) is 4.79 Å². The van der Waals surface area contributed by atoms with E-state index < -0.39 is 24.5 Å². The fourth-order valence-electron chi connectivity index (χ4n) is 3.37. The molecule has 33 heavy (non-hydrogen) atoms. The monoisotopic (exact) mass is 480 g/mol. The number of aliphatic hydroxyl groups excluding tert-OH is 1. The first-order chi connectivity index (χ1) is 16.0. The van der Waals surface area contributed by atoms with Crippen LogP contribution in [0.4, 0.5) is 5.95 Å². The number of nitrogens with one attached hydrogen (secondary N) is 1. The van der Waals surface area contributed by atoms with Crippen molar-refractivity contribution in [3.8, 4) is 0 Å². The normalized spacial score (nSPS) is 12.1. The van der Waals surface area contributed by atoms with Crippen LogP contribution in [0.2, 0.25) is 0 Å². The molecular weight excluding hydrogens is 444 g/mol.